The van der Waals surface area contributed by atoms with Gasteiger partial charge in [-0.3, -0.25) is 0 Å². The van der Waals surface area contributed by atoms with Gasteiger partial charge in [0.1, 0.15) is 0 Å². The third-order valence-electron chi connectivity index (χ3n) is 4.81. The number of hydrogen-bond acceptors (Lipinski definition) is 3. The fraction of sp³-hybridized carbons (Fsp3) is 0.556. The van der Waals surface area contributed by atoms with E-state index in [4.69, 9.17) is 0 Å². The van der Waals surface area contributed by atoms with Crippen molar-refractivity contribution in [1.29, 1.82) is 0 Å². The van der Waals surface area contributed by atoms with Crippen LogP contribution in [0.4, 0.5) is 0 Å². The third-order valence-corrected chi connectivity index (χ3v) is 5.48. The molecular formula is C18H27NO3S. The van der Waals surface area contributed by atoms with E-state index < -0.39 is 15.6 Å². The molecule has 5 heteroatoms. The number of hydrogen-bond donors (Lipinski definition) is 2. The molecule has 128 valence electrons. The molecule has 0 radical (unpaired) electrons. The molecule has 2 N–H and O–H groups in total. The van der Waals surface area contributed by atoms with E-state index in [0.29, 0.717) is 18.8 Å². The smallest absolute Gasteiger partial charge is 0.208 e. The van der Waals surface area contributed by atoms with Gasteiger partial charge >= 0.3 is 0 Å². The molecule has 1 fully saturated rings. The van der Waals surface area contributed by atoms with Crippen molar-refractivity contribution in [1.82, 2.24) is 4.72 Å². The lowest BCUT2D eigenvalue weighted by Crippen LogP contribution is -2.47. The molecule has 23 heavy (non-hydrogen) atoms. The van der Waals surface area contributed by atoms with Crippen LogP contribution in [-0.4, -0.2) is 31.9 Å². The minimum atomic E-state index is -3.31. The number of aryl methyl sites for hydroxylation is 1. The Kier molecular flexibility index (Phi) is 5.33. The minimum absolute atomic E-state index is 0.0666. The number of aliphatic hydroxyl groups is 1. The summed E-state index contributed by atoms with van der Waals surface area (Å²) in [5.41, 5.74) is 2.49. The molecular weight excluding hydrogens is 310 g/mol. The van der Waals surface area contributed by atoms with Gasteiger partial charge in [-0.2, -0.15) is 0 Å². The van der Waals surface area contributed by atoms with Crippen molar-refractivity contribution in [2.75, 3.05) is 12.8 Å². The summed E-state index contributed by atoms with van der Waals surface area (Å²) < 4.78 is 25.1. The van der Waals surface area contributed by atoms with Crippen LogP contribution in [0, 0.1) is 12.8 Å². The molecule has 0 amide bonds. The Morgan fingerprint density at radius 3 is 2.52 bits per heavy atom. The van der Waals surface area contributed by atoms with Crippen LogP contribution in [0.25, 0.3) is 0 Å². The summed E-state index contributed by atoms with van der Waals surface area (Å²) in [7, 11) is -3.31. The monoisotopic (exact) mass is 337 g/mol. The Labute approximate surface area is 139 Å². The highest BCUT2D eigenvalue weighted by Crippen LogP contribution is 2.45. The van der Waals surface area contributed by atoms with Crippen LogP contribution in [0.1, 0.15) is 43.2 Å². The molecule has 0 heterocycles. The summed E-state index contributed by atoms with van der Waals surface area (Å²) in [5.74, 6) is 0.476. The Morgan fingerprint density at radius 2 is 2.00 bits per heavy atom. The van der Waals surface area contributed by atoms with Crippen molar-refractivity contribution in [3.05, 3.63) is 47.5 Å². The topological polar surface area (TPSA) is 66.4 Å². The maximum Gasteiger partial charge on any atom is 0.208 e. The van der Waals surface area contributed by atoms with Gasteiger partial charge in [0.05, 0.1) is 11.9 Å². The zero-order valence-corrected chi connectivity index (χ0v) is 15.0. The lowest BCUT2D eigenvalue weighted by atomic mass is 9.67. The molecule has 1 aromatic carbocycles. The average Bonchev–Trinajstić information content (AvgIpc) is 2.45. The van der Waals surface area contributed by atoms with Crippen molar-refractivity contribution in [2.24, 2.45) is 5.92 Å². The maximum absolute atomic E-state index is 11.3. The standard InChI is InChI=1S/C18H27NO3S/c1-13(2)16-9-10-18(20,12-19-23(4,21)22)11-17(16)15-7-5-14(3)6-8-15/h5-8,16-17,19-20H,1,9-12H2,2-4H3/t16-,17-,18?/m0/s1. The fourth-order valence-corrected chi connectivity index (χ4v) is 3.99. The minimum Gasteiger partial charge on any atom is -0.389 e. The number of allylic oxidation sites excluding steroid dienone is 1. The van der Waals surface area contributed by atoms with Gasteiger partial charge in [0, 0.05) is 6.54 Å². The first-order valence-corrected chi connectivity index (χ1v) is 9.88. The highest BCUT2D eigenvalue weighted by Gasteiger charge is 2.40. The number of rotatable bonds is 5. The largest absolute Gasteiger partial charge is 0.389 e. The molecule has 1 aliphatic rings. The predicted molar refractivity (Wildman–Crippen MR) is 93.9 cm³/mol. The van der Waals surface area contributed by atoms with Gasteiger partial charge in [-0.05, 0) is 50.5 Å². The molecule has 0 bridgehead atoms. The molecule has 1 unspecified atom stereocenters. The summed E-state index contributed by atoms with van der Waals surface area (Å²) in [6.45, 7) is 8.26. The van der Waals surface area contributed by atoms with Crippen LogP contribution in [0.2, 0.25) is 0 Å². The highest BCUT2D eigenvalue weighted by atomic mass is 32.2. The van der Waals surface area contributed by atoms with E-state index in [-0.39, 0.29) is 12.5 Å². The van der Waals surface area contributed by atoms with Gasteiger partial charge in [0.2, 0.25) is 10.0 Å². The number of nitrogens with one attached hydrogen (secondary N) is 1. The molecule has 1 aliphatic carbocycles. The van der Waals surface area contributed by atoms with E-state index in [0.717, 1.165) is 18.2 Å². The van der Waals surface area contributed by atoms with Crippen molar-refractivity contribution < 1.29 is 13.5 Å². The quantitative estimate of drug-likeness (QED) is 0.812. The van der Waals surface area contributed by atoms with E-state index in [2.05, 4.69) is 35.6 Å². The molecule has 4 nitrogen and oxygen atoms in total. The van der Waals surface area contributed by atoms with Gasteiger partial charge in [0.15, 0.2) is 0 Å². The van der Waals surface area contributed by atoms with Gasteiger partial charge in [0.25, 0.3) is 0 Å². The normalized spacial score (nSPS) is 28.5. The Hall–Kier alpha value is -1.17. The molecule has 3 atom stereocenters. The Bertz CT molecular complexity index is 666. The van der Waals surface area contributed by atoms with Gasteiger partial charge < -0.3 is 5.11 Å². The second-order valence-electron chi connectivity index (χ2n) is 7.03. The SMILES string of the molecule is C=C(C)[C@@H]1CCC(O)(CNS(C)(=O)=O)C[C@H]1c1ccc(C)cc1. The van der Waals surface area contributed by atoms with E-state index >= 15 is 0 Å². The number of benzene rings is 1. The van der Waals surface area contributed by atoms with Gasteiger partial charge in [-0.1, -0.05) is 42.0 Å². The van der Waals surface area contributed by atoms with Crippen molar-refractivity contribution in [3.63, 3.8) is 0 Å². The van der Waals surface area contributed by atoms with Crippen LogP contribution in [0.5, 0.6) is 0 Å². The summed E-state index contributed by atoms with van der Waals surface area (Å²) in [6.07, 6.45) is 3.05. The first kappa shape index (κ1) is 18.2. The first-order valence-electron chi connectivity index (χ1n) is 7.99. The molecule has 0 saturated heterocycles. The molecule has 1 aromatic rings. The second kappa shape index (κ2) is 6.75. The zero-order chi connectivity index (χ0) is 17.3. The highest BCUT2D eigenvalue weighted by molar-refractivity contribution is 7.88. The van der Waals surface area contributed by atoms with E-state index in [9.17, 15) is 13.5 Å². The summed E-state index contributed by atoms with van der Waals surface area (Å²) in [6, 6.07) is 8.36. The van der Waals surface area contributed by atoms with Crippen LogP contribution >= 0.6 is 0 Å². The van der Waals surface area contributed by atoms with Crippen molar-refractivity contribution in [3.8, 4) is 0 Å². The van der Waals surface area contributed by atoms with E-state index in [1.807, 2.05) is 13.8 Å². The predicted octanol–water partition coefficient (Wildman–Crippen LogP) is 2.74. The molecule has 1 saturated carbocycles. The van der Waals surface area contributed by atoms with Crippen LogP contribution in [0.15, 0.2) is 36.4 Å². The first-order chi connectivity index (χ1) is 10.6. The average molecular weight is 337 g/mol. The van der Waals surface area contributed by atoms with Crippen LogP contribution in [0.3, 0.4) is 0 Å². The zero-order valence-electron chi connectivity index (χ0n) is 14.2. The van der Waals surface area contributed by atoms with E-state index in [1.165, 1.54) is 11.1 Å². The fourth-order valence-electron chi connectivity index (χ4n) is 3.46. The van der Waals surface area contributed by atoms with Crippen LogP contribution < -0.4 is 4.72 Å². The molecule has 0 aromatic heterocycles. The summed E-state index contributed by atoms with van der Waals surface area (Å²) in [5, 5.41) is 10.9. The van der Waals surface area contributed by atoms with Crippen molar-refractivity contribution in [2.45, 2.75) is 44.6 Å². The summed E-state index contributed by atoms with van der Waals surface area (Å²) in [4.78, 5) is 0. The second-order valence-corrected chi connectivity index (χ2v) is 8.86. The Morgan fingerprint density at radius 1 is 1.39 bits per heavy atom. The Balaban J connectivity index is 2.23. The van der Waals surface area contributed by atoms with Crippen LogP contribution in [-0.2, 0) is 10.0 Å². The van der Waals surface area contributed by atoms with Gasteiger partial charge in [-0.15, -0.1) is 0 Å². The summed E-state index contributed by atoms with van der Waals surface area (Å²) >= 11 is 0. The molecule has 2 rings (SSSR count). The lowest BCUT2D eigenvalue weighted by Gasteiger charge is -2.42. The molecule has 0 aliphatic heterocycles. The molecule has 0 spiro atoms. The third kappa shape index (κ3) is 4.90. The number of sulfonamides is 1. The lowest BCUT2D eigenvalue weighted by molar-refractivity contribution is -0.00904. The maximum atomic E-state index is 11.3. The van der Waals surface area contributed by atoms with Crippen molar-refractivity contribution >= 4 is 10.0 Å². The van der Waals surface area contributed by atoms with E-state index in [1.54, 1.807) is 0 Å². The van der Waals surface area contributed by atoms with Gasteiger partial charge in [-0.25, -0.2) is 13.1 Å².